The average Bonchev–Trinajstić information content (AvgIpc) is 2.61. The number of guanidine groups is 1. The lowest BCUT2D eigenvalue weighted by Crippen LogP contribution is -2.44. The Hall–Kier alpha value is -0.380. The highest BCUT2D eigenvalue weighted by atomic mass is 127. The first-order valence-electron chi connectivity index (χ1n) is 9.16. The first-order chi connectivity index (χ1) is 12.1. The number of hydrogen-bond donors (Lipinski definition) is 1. The predicted molar refractivity (Wildman–Crippen MR) is 126 cm³/mol. The average molecular weight is 538 g/mol. The molecular formula is C19H33BrIN5. The van der Waals surface area contributed by atoms with Crippen molar-refractivity contribution in [3.8, 4) is 0 Å². The van der Waals surface area contributed by atoms with E-state index < -0.39 is 0 Å². The number of nitrogens with zero attached hydrogens (tertiary/aromatic N) is 4. The Kier molecular flexibility index (Phi) is 11.7. The highest BCUT2D eigenvalue weighted by molar-refractivity contribution is 14.0. The molecule has 1 heterocycles. The van der Waals surface area contributed by atoms with Crippen molar-refractivity contribution in [1.29, 1.82) is 0 Å². The fourth-order valence-electron chi connectivity index (χ4n) is 3.07. The van der Waals surface area contributed by atoms with Gasteiger partial charge in [-0.1, -0.05) is 34.1 Å². The van der Waals surface area contributed by atoms with E-state index in [1.54, 1.807) is 0 Å². The molecule has 7 heteroatoms. The minimum absolute atomic E-state index is 0. The number of piperazine rings is 1. The minimum atomic E-state index is 0. The highest BCUT2D eigenvalue weighted by Gasteiger charge is 2.13. The molecule has 0 aliphatic carbocycles. The van der Waals surface area contributed by atoms with Crippen LogP contribution in [0.2, 0.25) is 0 Å². The van der Waals surface area contributed by atoms with Crippen LogP contribution in [0.1, 0.15) is 18.4 Å². The third-order valence-corrected chi connectivity index (χ3v) is 5.49. The maximum absolute atomic E-state index is 4.41. The van der Waals surface area contributed by atoms with E-state index in [2.05, 4.69) is 73.2 Å². The second kappa shape index (κ2) is 12.9. The van der Waals surface area contributed by atoms with Gasteiger partial charge in [-0.05, 0) is 38.1 Å². The van der Waals surface area contributed by atoms with Gasteiger partial charge in [0.05, 0.1) is 0 Å². The predicted octanol–water partition coefficient (Wildman–Crippen LogP) is 3.10. The molecule has 0 aromatic heterocycles. The molecule has 0 unspecified atom stereocenters. The Morgan fingerprint density at radius 1 is 1.19 bits per heavy atom. The zero-order chi connectivity index (χ0) is 18.1. The Bertz CT molecular complexity index is 546. The number of aliphatic imine (C=N–C) groups is 1. The third-order valence-electron chi connectivity index (χ3n) is 4.72. The SMILES string of the molecule is CN=C(NCCCCN1CCN(C)CC1)N(C)Cc1ccccc1Br.I. The fourth-order valence-corrected chi connectivity index (χ4v) is 3.48. The lowest BCUT2D eigenvalue weighted by Gasteiger charge is -2.32. The Labute approximate surface area is 184 Å². The van der Waals surface area contributed by atoms with Crippen LogP contribution in [0, 0.1) is 0 Å². The number of nitrogens with one attached hydrogen (secondary N) is 1. The van der Waals surface area contributed by atoms with Crippen molar-refractivity contribution in [2.75, 3.05) is 60.4 Å². The summed E-state index contributed by atoms with van der Waals surface area (Å²) < 4.78 is 1.14. The molecule has 1 aliphatic rings. The van der Waals surface area contributed by atoms with Crippen LogP contribution >= 0.6 is 39.9 Å². The van der Waals surface area contributed by atoms with Crippen LogP contribution in [-0.4, -0.2) is 81.1 Å². The lowest BCUT2D eigenvalue weighted by molar-refractivity contribution is 0.152. The van der Waals surface area contributed by atoms with Gasteiger partial charge in [-0.25, -0.2) is 0 Å². The monoisotopic (exact) mass is 537 g/mol. The van der Waals surface area contributed by atoms with E-state index in [9.17, 15) is 0 Å². The number of benzene rings is 1. The van der Waals surface area contributed by atoms with Gasteiger partial charge in [0, 0.05) is 57.8 Å². The van der Waals surface area contributed by atoms with Gasteiger partial charge in [0.25, 0.3) is 0 Å². The van der Waals surface area contributed by atoms with Crippen molar-refractivity contribution in [2.45, 2.75) is 19.4 Å². The summed E-state index contributed by atoms with van der Waals surface area (Å²) in [5, 5.41) is 3.49. The molecule has 148 valence electrons. The maximum atomic E-state index is 4.41. The Morgan fingerprint density at radius 3 is 2.54 bits per heavy atom. The van der Waals surface area contributed by atoms with Crippen LogP contribution in [0.15, 0.2) is 33.7 Å². The Balaban J connectivity index is 0.00000338. The fraction of sp³-hybridized carbons (Fsp3) is 0.632. The van der Waals surface area contributed by atoms with E-state index in [0.717, 1.165) is 23.5 Å². The van der Waals surface area contributed by atoms with E-state index in [4.69, 9.17) is 0 Å². The van der Waals surface area contributed by atoms with Gasteiger partial charge < -0.3 is 20.0 Å². The topological polar surface area (TPSA) is 34.1 Å². The number of hydrogen-bond acceptors (Lipinski definition) is 3. The van der Waals surface area contributed by atoms with Gasteiger partial charge in [0.15, 0.2) is 5.96 Å². The molecule has 1 fully saturated rings. The molecule has 1 aromatic carbocycles. The van der Waals surface area contributed by atoms with Crippen molar-refractivity contribution < 1.29 is 0 Å². The summed E-state index contributed by atoms with van der Waals surface area (Å²) >= 11 is 3.62. The summed E-state index contributed by atoms with van der Waals surface area (Å²) in [6, 6.07) is 8.34. The molecule has 1 aromatic rings. The van der Waals surface area contributed by atoms with Crippen molar-refractivity contribution in [3.63, 3.8) is 0 Å². The van der Waals surface area contributed by atoms with Crippen LogP contribution in [-0.2, 0) is 6.54 Å². The molecule has 1 N–H and O–H groups in total. The molecule has 26 heavy (non-hydrogen) atoms. The van der Waals surface area contributed by atoms with E-state index in [1.807, 2.05) is 13.1 Å². The zero-order valence-electron chi connectivity index (χ0n) is 16.2. The van der Waals surface area contributed by atoms with E-state index in [0.29, 0.717) is 0 Å². The Morgan fingerprint density at radius 2 is 1.88 bits per heavy atom. The van der Waals surface area contributed by atoms with Gasteiger partial charge in [0.1, 0.15) is 0 Å². The molecule has 1 saturated heterocycles. The van der Waals surface area contributed by atoms with Crippen molar-refractivity contribution >= 4 is 45.9 Å². The van der Waals surface area contributed by atoms with Gasteiger partial charge in [-0.15, -0.1) is 24.0 Å². The molecule has 0 saturated carbocycles. The molecule has 1 aliphatic heterocycles. The molecule has 0 amide bonds. The summed E-state index contributed by atoms with van der Waals surface area (Å²) in [6.07, 6.45) is 2.41. The van der Waals surface area contributed by atoms with E-state index in [1.165, 1.54) is 51.1 Å². The normalized spacial score (nSPS) is 16.2. The van der Waals surface area contributed by atoms with Gasteiger partial charge in [0.2, 0.25) is 0 Å². The summed E-state index contributed by atoms with van der Waals surface area (Å²) in [5.41, 5.74) is 1.27. The third kappa shape index (κ3) is 8.10. The summed E-state index contributed by atoms with van der Waals surface area (Å²) in [6.45, 7) is 7.83. The maximum Gasteiger partial charge on any atom is 0.193 e. The van der Waals surface area contributed by atoms with Crippen molar-refractivity contribution in [1.82, 2.24) is 20.0 Å². The standard InChI is InChI=1S/C19H32BrN5.HI/c1-21-19(24(3)16-17-8-4-5-9-18(17)20)22-10-6-7-11-25-14-12-23(2)13-15-25;/h4-5,8-9H,6-7,10-16H2,1-3H3,(H,21,22);1H. The van der Waals surface area contributed by atoms with Crippen LogP contribution in [0.4, 0.5) is 0 Å². The van der Waals surface area contributed by atoms with Crippen LogP contribution in [0.25, 0.3) is 0 Å². The summed E-state index contributed by atoms with van der Waals surface area (Å²) in [5.74, 6) is 0.954. The molecule has 5 nitrogen and oxygen atoms in total. The lowest BCUT2D eigenvalue weighted by atomic mass is 10.2. The first kappa shape index (κ1) is 23.7. The number of unbranched alkanes of at least 4 members (excludes halogenated alkanes) is 1. The highest BCUT2D eigenvalue weighted by Crippen LogP contribution is 2.17. The number of halogens is 2. The molecule has 0 bridgehead atoms. The summed E-state index contributed by atoms with van der Waals surface area (Å²) in [4.78, 5) is 11.6. The second-order valence-corrected chi connectivity index (χ2v) is 7.63. The zero-order valence-corrected chi connectivity index (χ0v) is 20.2. The van der Waals surface area contributed by atoms with Crippen molar-refractivity contribution in [2.24, 2.45) is 4.99 Å². The second-order valence-electron chi connectivity index (χ2n) is 6.77. The van der Waals surface area contributed by atoms with E-state index >= 15 is 0 Å². The molecule has 0 radical (unpaired) electrons. The molecule has 0 spiro atoms. The number of likely N-dealkylation sites (N-methyl/N-ethyl adjacent to an activating group) is 1. The van der Waals surface area contributed by atoms with Crippen LogP contribution in [0.3, 0.4) is 0 Å². The largest absolute Gasteiger partial charge is 0.356 e. The van der Waals surface area contributed by atoms with E-state index in [-0.39, 0.29) is 24.0 Å². The summed E-state index contributed by atoms with van der Waals surface area (Å²) in [7, 11) is 6.14. The number of rotatable bonds is 7. The minimum Gasteiger partial charge on any atom is -0.356 e. The first-order valence-corrected chi connectivity index (χ1v) is 9.95. The van der Waals surface area contributed by atoms with Crippen molar-refractivity contribution in [3.05, 3.63) is 34.3 Å². The van der Waals surface area contributed by atoms with Gasteiger partial charge >= 0.3 is 0 Å². The molecular weight excluding hydrogens is 505 g/mol. The van der Waals surface area contributed by atoms with Crippen LogP contribution in [0.5, 0.6) is 0 Å². The smallest absolute Gasteiger partial charge is 0.193 e. The van der Waals surface area contributed by atoms with Crippen LogP contribution < -0.4 is 5.32 Å². The van der Waals surface area contributed by atoms with Gasteiger partial charge in [-0.3, -0.25) is 4.99 Å². The molecule has 2 rings (SSSR count). The molecule has 0 atom stereocenters. The quantitative estimate of drug-likeness (QED) is 0.251. The van der Waals surface area contributed by atoms with Gasteiger partial charge in [-0.2, -0.15) is 0 Å².